The van der Waals surface area contributed by atoms with Crippen LogP contribution in [0.15, 0.2) is 0 Å². The number of esters is 2. The monoisotopic (exact) mass is 671 g/mol. The van der Waals surface area contributed by atoms with E-state index in [0.717, 1.165) is 75.7 Å². The molecule has 1 aliphatic rings. The molecule has 0 aromatic rings. The fourth-order valence-corrected chi connectivity index (χ4v) is 9.64. The zero-order chi connectivity index (χ0) is 32.9. The average Bonchev–Trinajstić information content (AvgIpc) is 3.51. The second kappa shape index (κ2) is 29.8. The first-order valence-corrected chi connectivity index (χ1v) is 21.6. The first-order chi connectivity index (χ1) is 22.0. The van der Waals surface area contributed by atoms with Gasteiger partial charge in [-0.2, -0.15) is 0 Å². The minimum absolute atomic E-state index is 0.0385. The van der Waals surface area contributed by atoms with Crippen LogP contribution in [0, 0.1) is 0 Å². The van der Waals surface area contributed by atoms with Crippen LogP contribution in [-0.4, -0.2) is 39.7 Å². The van der Waals surface area contributed by atoms with E-state index in [1.54, 1.807) is 0 Å². The molecule has 0 amide bonds. The zero-order valence-corrected chi connectivity index (χ0v) is 32.0. The molecule has 0 spiro atoms. The summed E-state index contributed by atoms with van der Waals surface area (Å²) in [6.07, 6.45) is 31.5. The van der Waals surface area contributed by atoms with Gasteiger partial charge in [0.15, 0.2) is 0 Å². The van der Waals surface area contributed by atoms with Gasteiger partial charge in [-0.05, 0) is 64.2 Å². The van der Waals surface area contributed by atoms with Gasteiger partial charge in [0.1, 0.15) is 12.2 Å². The van der Waals surface area contributed by atoms with Crippen LogP contribution >= 0.6 is 23.5 Å². The van der Waals surface area contributed by atoms with Crippen molar-refractivity contribution in [3.63, 3.8) is 0 Å². The molecular formula is C39H74O4S2. The zero-order valence-electron chi connectivity index (χ0n) is 30.3. The predicted octanol–water partition coefficient (Wildman–Crippen LogP) is 13.0. The molecule has 1 aliphatic heterocycles. The maximum atomic E-state index is 13.1. The van der Waals surface area contributed by atoms with Crippen LogP contribution in [0.5, 0.6) is 0 Å². The van der Waals surface area contributed by atoms with Crippen LogP contribution in [0.3, 0.4) is 0 Å². The van der Waals surface area contributed by atoms with Crippen LogP contribution < -0.4 is 0 Å². The van der Waals surface area contributed by atoms with Gasteiger partial charge in [0.2, 0.25) is 0 Å². The van der Waals surface area contributed by atoms with E-state index >= 15 is 0 Å². The number of ether oxygens (including phenoxy) is 2. The van der Waals surface area contributed by atoms with E-state index in [1.807, 2.05) is 23.5 Å². The standard InChI is InChI=1S/C39H74O4S2/c1-5-9-13-17-21-25-35(26-22-18-14-10-6-2)42-37(40)29-31-39(44-33-34-45-39)32-30-38(41)43-36(27-23-19-15-11-7-3)28-24-20-16-12-8-4/h35-36H,5-34H2,1-4H3. The van der Waals surface area contributed by atoms with Crippen LogP contribution in [0.2, 0.25) is 0 Å². The van der Waals surface area contributed by atoms with Gasteiger partial charge >= 0.3 is 11.9 Å². The maximum Gasteiger partial charge on any atom is 0.306 e. The molecule has 6 heteroatoms. The Labute approximate surface area is 288 Å². The van der Waals surface area contributed by atoms with E-state index in [2.05, 4.69) is 27.7 Å². The largest absolute Gasteiger partial charge is 0.462 e. The van der Waals surface area contributed by atoms with E-state index in [4.69, 9.17) is 9.47 Å². The Morgan fingerprint density at radius 1 is 0.489 bits per heavy atom. The summed E-state index contributed by atoms with van der Waals surface area (Å²) >= 11 is 3.89. The third-order valence-electron chi connectivity index (χ3n) is 9.35. The molecule has 45 heavy (non-hydrogen) atoms. The highest BCUT2D eigenvalue weighted by atomic mass is 32.2. The summed E-state index contributed by atoms with van der Waals surface area (Å²) in [6, 6.07) is 0. The molecular weight excluding hydrogens is 597 g/mol. The third kappa shape index (κ3) is 23.6. The van der Waals surface area contributed by atoms with E-state index in [9.17, 15) is 9.59 Å². The number of thioether (sulfide) groups is 2. The first-order valence-electron chi connectivity index (χ1n) is 19.6. The van der Waals surface area contributed by atoms with Gasteiger partial charge < -0.3 is 9.47 Å². The van der Waals surface area contributed by atoms with Crippen LogP contribution in [0.1, 0.15) is 207 Å². The van der Waals surface area contributed by atoms with Crippen molar-refractivity contribution >= 4 is 35.5 Å². The molecule has 1 fully saturated rings. The summed E-state index contributed by atoms with van der Waals surface area (Å²) < 4.78 is 12.2. The van der Waals surface area contributed by atoms with Crippen molar-refractivity contribution in [1.29, 1.82) is 0 Å². The van der Waals surface area contributed by atoms with Gasteiger partial charge in [-0.15, -0.1) is 23.5 Å². The third-order valence-corrected chi connectivity index (χ3v) is 13.0. The van der Waals surface area contributed by atoms with Crippen LogP contribution in [0.4, 0.5) is 0 Å². The Morgan fingerprint density at radius 2 is 0.778 bits per heavy atom. The molecule has 0 aliphatic carbocycles. The second-order valence-electron chi connectivity index (χ2n) is 13.6. The molecule has 0 atom stereocenters. The number of unbranched alkanes of at least 4 members (excludes halogenated alkanes) is 16. The molecule has 266 valence electrons. The lowest BCUT2D eigenvalue weighted by atomic mass is 10.0. The Morgan fingerprint density at radius 3 is 1.07 bits per heavy atom. The Hall–Kier alpha value is -0.360. The van der Waals surface area contributed by atoms with Crippen molar-refractivity contribution in [2.75, 3.05) is 11.5 Å². The van der Waals surface area contributed by atoms with Crippen molar-refractivity contribution in [3.8, 4) is 0 Å². The van der Waals surface area contributed by atoms with Crippen LogP contribution in [0.25, 0.3) is 0 Å². The topological polar surface area (TPSA) is 52.6 Å². The quantitative estimate of drug-likeness (QED) is 0.0524. The number of hydrogen-bond acceptors (Lipinski definition) is 6. The smallest absolute Gasteiger partial charge is 0.306 e. The molecule has 0 N–H and O–H groups in total. The summed E-state index contributed by atoms with van der Waals surface area (Å²) in [6.45, 7) is 9.00. The van der Waals surface area contributed by atoms with Gasteiger partial charge in [-0.25, -0.2) is 0 Å². The SMILES string of the molecule is CCCCCCCC(CCCCCCC)OC(=O)CCC1(CCC(=O)OC(CCCCCCC)CCCCCCC)SCCS1. The highest BCUT2D eigenvalue weighted by Crippen LogP contribution is 2.50. The number of carbonyl (C=O) groups is 2. The van der Waals surface area contributed by atoms with Gasteiger partial charge in [0, 0.05) is 24.3 Å². The Bertz CT molecular complexity index is 615. The summed E-state index contributed by atoms with van der Waals surface area (Å²) in [5, 5.41) is 0. The minimum Gasteiger partial charge on any atom is -0.462 e. The van der Waals surface area contributed by atoms with Crippen molar-refractivity contribution in [1.82, 2.24) is 0 Å². The molecule has 0 aromatic carbocycles. The molecule has 0 aromatic heterocycles. The second-order valence-corrected chi connectivity index (χ2v) is 16.9. The highest BCUT2D eigenvalue weighted by Gasteiger charge is 2.37. The van der Waals surface area contributed by atoms with Crippen molar-refractivity contribution < 1.29 is 19.1 Å². The van der Waals surface area contributed by atoms with Crippen LogP contribution in [-0.2, 0) is 19.1 Å². The lowest BCUT2D eigenvalue weighted by Crippen LogP contribution is -2.25. The lowest BCUT2D eigenvalue weighted by molar-refractivity contribution is -0.150. The van der Waals surface area contributed by atoms with Crippen molar-refractivity contribution in [2.24, 2.45) is 0 Å². The van der Waals surface area contributed by atoms with Gasteiger partial charge in [0.05, 0.1) is 4.08 Å². The van der Waals surface area contributed by atoms with E-state index in [-0.39, 0.29) is 28.2 Å². The molecule has 4 nitrogen and oxygen atoms in total. The summed E-state index contributed by atoms with van der Waals surface area (Å²) in [4.78, 5) is 26.2. The minimum atomic E-state index is -0.0658. The molecule has 0 bridgehead atoms. The van der Waals surface area contributed by atoms with Gasteiger partial charge in [0.25, 0.3) is 0 Å². The van der Waals surface area contributed by atoms with Gasteiger partial charge in [-0.1, -0.05) is 130 Å². The summed E-state index contributed by atoms with van der Waals surface area (Å²) in [7, 11) is 0. The number of hydrogen-bond donors (Lipinski definition) is 0. The highest BCUT2D eigenvalue weighted by molar-refractivity contribution is 8.21. The fraction of sp³-hybridized carbons (Fsp3) is 0.949. The van der Waals surface area contributed by atoms with E-state index < -0.39 is 0 Å². The number of rotatable bonds is 32. The fourth-order valence-electron chi connectivity index (χ4n) is 6.41. The summed E-state index contributed by atoms with van der Waals surface area (Å²) in [5.41, 5.74) is 0. The molecule has 0 saturated carbocycles. The summed E-state index contributed by atoms with van der Waals surface area (Å²) in [5.74, 6) is 2.10. The predicted molar refractivity (Wildman–Crippen MR) is 199 cm³/mol. The molecule has 1 rings (SSSR count). The Kier molecular flexibility index (Phi) is 28.2. The van der Waals surface area contributed by atoms with E-state index in [1.165, 1.54) is 103 Å². The first kappa shape index (κ1) is 42.7. The van der Waals surface area contributed by atoms with Crippen molar-refractivity contribution in [3.05, 3.63) is 0 Å². The molecule has 1 heterocycles. The average molecular weight is 671 g/mol. The molecule has 0 unspecified atom stereocenters. The van der Waals surface area contributed by atoms with E-state index in [0.29, 0.717) is 12.8 Å². The number of carbonyl (C=O) groups excluding carboxylic acids is 2. The van der Waals surface area contributed by atoms with Gasteiger partial charge in [-0.3, -0.25) is 9.59 Å². The molecule has 1 saturated heterocycles. The van der Waals surface area contributed by atoms with Crippen molar-refractivity contribution in [2.45, 2.75) is 224 Å². The lowest BCUT2D eigenvalue weighted by Gasteiger charge is -2.27. The Balaban J connectivity index is 2.57. The molecule has 0 radical (unpaired) electrons. The maximum absolute atomic E-state index is 13.1. The normalized spacial score (nSPS) is 14.4.